The normalized spacial score (nSPS) is 12.2. The van der Waals surface area contributed by atoms with E-state index in [2.05, 4.69) is 0 Å². The van der Waals surface area contributed by atoms with Gasteiger partial charge in [-0.2, -0.15) is 0 Å². The summed E-state index contributed by atoms with van der Waals surface area (Å²) in [4.78, 5) is 24.2. The number of aryl methyl sites for hydroxylation is 1. The molecule has 6 heteroatoms. The zero-order valence-electron chi connectivity index (χ0n) is 15.1. The molecule has 6 nitrogen and oxygen atoms in total. The summed E-state index contributed by atoms with van der Waals surface area (Å²) < 4.78 is 21.4. The quantitative estimate of drug-likeness (QED) is 0.395. The van der Waals surface area contributed by atoms with E-state index in [-0.39, 0.29) is 6.61 Å². The molecule has 0 radical (unpaired) electrons. The van der Waals surface area contributed by atoms with Crippen molar-refractivity contribution < 1.29 is 23.4 Å². The number of esters is 1. The van der Waals surface area contributed by atoms with Crippen LogP contribution >= 0.6 is 0 Å². The van der Waals surface area contributed by atoms with Gasteiger partial charge in [-0.05, 0) is 51.1 Å². The van der Waals surface area contributed by atoms with Crippen LogP contribution in [0.5, 0.6) is 11.5 Å². The molecule has 1 heterocycles. The van der Waals surface area contributed by atoms with Crippen LogP contribution in [0.15, 0.2) is 39.5 Å². The first-order valence-electron chi connectivity index (χ1n) is 8.33. The summed E-state index contributed by atoms with van der Waals surface area (Å²) in [6.45, 7) is 5.42. The fourth-order valence-electron chi connectivity index (χ4n) is 2.84. The third-order valence-corrected chi connectivity index (χ3v) is 4.21. The second kappa shape index (κ2) is 7.07. The van der Waals surface area contributed by atoms with Crippen molar-refractivity contribution >= 4 is 27.7 Å². The standard InChI is InChI=1S/C20H20O6/c1-5-24-19(21)12(3)25-17-9-8-15-14-7-6-13(23-4)10-16(14)20(22)26-18(15)11(17)2/h6-10,12H,5H2,1-4H3. The highest BCUT2D eigenvalue weighted by atomic mass is 16.6. The molecule has 3 rings (SSSR count). The summed E-state index contributed by atoms with van der Waals surface area (Å²) in [5.41, 5.74) is 0.625. The second-order valence-corrected chi connectivity index (χ2v) is 5.88. The Morgan fingerprint density at radius 2 is 1.88 bits per heavy atom. The Balaban J connectivity index is 2.11. The number of rotatable bonds is 5. The number of hydrogen-bond donors (Lipinski definition) is 0. The average molecular weight is 356 g/mol. The summed E-state index contributed by atoms with van der Waals surface area (Å²) in [7, 11) is 1.54. The molecule has 0 saturated heterocycles. The molecule has 0 aliphatic carbocycles. The smallest absolute Gasteiger partial charge is 0.347 e. The van der Waals surface area contributed by atoms with E-state index in [1.54, 1.807) is 46.1 Å². The molecule has 2 aromatic carbocycles. The van der Waals surface area contributed by atoms with E-state index in [4.69, 9.17) is 18.6 Å². The molecule has 3 aromatic rings. The SMILES string of the molecule is CCOC(=O)C(C)Oc1ccc2c(oc(=O)c3cc(OC)ccc32)c1C. The Morgan fingerprint density at radius 1 is 1.15 bits per heavy atom. The van der Waals surface area contributed by atoms with Gasteiger partial charge in [-0.1, -0.05) is 0 Å². The molecule has 0 aliphatic rings. The van der Waals surface area contributed by atoms with Crippen molar-refractivity contribution in [1.82, 2.24) is 0 Å². The Morgan fingerprint density at radius 3 is 2.58 bits per heavy atom. The van der Waals surface area contributed by atoms with E-state index in [0.717, 1.165) is 10.8 Å². The van der Waals surface area contributed by atoms with Crippen LogP contribution in [-0.2, 0) is 9.53 Å². The molecule has 0 spiro atoms. The largest absolute Gasteiger partial charge is 0.497 e. The highest BCUT2D eigenvalue weighted by molar-refractivity contribution is 6.06. The Labute approximate surface area is 150 Å². The van der Waals surface area contributed by atoms with Crippen LogP contribution in [0.1, 0.15) is 19.4 Å². The minimum atomic E-state index is -0.762. The maximum Gasteiger partial charge on any atom is 0.347 e. The number of hydrogen-bond acceptors (Lipinski definition) is 6. The van der Waals surface area contributed by atoms with Crippen LogP contribution in [0.25, 0.3) is 21.7 Å². The van der Waals surface area contributed by atoms with E-state index in [0.29, 0.717) is 28.0 Å². The van der Waals surface area contributed by atoms with Gasteiger partial charge in [0.25, 0.3) is 0 Å². The molecule has 0 amide bonds. The molecule has 1 unspecified atom stereocenters. The second-order valence-electron chi connectivity index (χ2n) is 5.88. The molecule has 136 valence electrons. The van der Waals surface area contributed by atoms with E-state index in [1.165, 1.54) is 0 Å². The van der Waals surface area contributed by atoms with Gasteiger partial charge in [0.1, 0.15) is 17.1 Å². The fourth-order valence-corrected chi connectivity index (χ4v) is 2.84. The summed E-state index contributed by atoms with van der Waals surface area (Å²) in [6, 6.07) is 8.85. The maximum absolute atomic E-state index is 12.4. The first kappa shape index (κ1) is 17.8. The van der Waals surface area contributed by atoms with E-state index >= 15 is 0 Å². The summed E-state index contributed by atoms with van der Waals surface area (Å²) in [5, 5.41) is 2.01. The van der Waals surface area contributed by atoms with Gasteiger partial charge in [0.05, 0.1) is 19.1 Å². The summed E-state index contributed by atoms with van der Waals surface area (Å²) in [5.74, 6) is 0.609. The van der Waals surface area contributed by atoms with E-state index in [1.807, 2.05) is 12.1 Å². The zero-order chi connectivity index (χ0) is 18.8. The number of carbonyl (C=O) groups excluding carboxylic acids is 1. The lowest BCUT2D eigenvalue weighted by molar-refractivity contribution is -0.150. The topological polar surface area (TPSA) is 75.0 Å². The number of methoxy groups -OCH3 is 1. The highest BCUT2D eigenvalue weighted by Gasteiger charge is 2.19. The Bertz CT molecular complexity index is 1030. The molecule has 0 bridgehead atoms. The molecule has 0 fully saturated rings. The fraction of sp³-hybridized carbons (Fsp3) is 0.300. The van der Waals surface area contributed by atoms with Crippen molar-refractivity contribution in [2.24, 2.45) is 0 Å². The number of carbonyl (C=O) groups is 1. The van der Waals surface area contributed by atoms with Gasteiger partial charge in [-0.15, -0.1) is 0 Å². The van der Waals surface area contributed by atoms with Crippen LogP contribution in [-0.4, -0.2) is 25.8 Å². The monoisotopic (exact) mass is 356 g/mol. The first-order valence-corrected chi connectivity index (χ1v) is 8.33. The Kier molecular flexibility index (Phi) is 4.84. The lowest BCUT2D eigenvalue weighted by Crippen LogP contribution is -2.26. The minimum Gasteiger partial charge on any atom is -0.497 e. The van der Waals surface area contributed by atoms with Crippen LogP contribution in [0.3, 0.4) is 0 Å². The Hall–Kier alpha value is -3.02. The van der Waals surface area contributed by atoms with Gasteiger partial charge in [0, 0.05) is 16.3 Å². The van der Waals surface area contributed by atoms with Crippen LogP contribution < -0.4 is 15.1 Å². The molecular formula is C20H20O6. The molecule has 0 saturated carbocycles. The lowest BCUT2D eigenvalue weighted by atomic mass is 10.0. The van der Waals surface area contributed by atoms with Crippen LogP contribution in [0.2, 0.25) is 0 Å². The molecular weight excluding hydrogens is 336 g/mol. The molecule has 0 N–H and O–H groups in total. The van der Waals surface area contributed by atoms with Crippen molar-refractivity contribution in [2.75, 3.05) is 13.7 Å². The maximum atomic E-state index is 12.4. The molecule has 1 aromatic heterocycles. The van der Waals surface area contributed by atoms with Crippen molar-refractivity contribution in [3.05, 3.63) is 46.3 Å². The number of benzene rings is 2. The average Bonchev–Trinajstić information content (AvgIpc) is 2.64. The minimum absolute atomic E-state index is 0.285. The molecule has 26 heavy (non-hydrogen) atoms. The third-order valence-electron chi connectivity index (χ3n) is 4.21. The van der Waals surface area contributed by atoms with Gasteiger partial charge in [0.2, 0.25) is 0 Å². The molecule has 0 aliphatic heterocycles. The first-order chi connectivity index (χ1) is 12.5. The summed E-state index contributed by atoms with van der Waals surface area (Å²) in [6.07, 6.45) is -0.762. The number of ether oxygens (including phenoxy) is 3. The zero-order valence-corrected chi connectivity index (χ0v) is 15.1. The van der Waals surface area contributed by atoms with Crippen molar-refractivity contribution in [3.63, 3.8) is 0 Å². The lowest BCUT2D eigenvalue weighted by Gasteiger charge is -2.16. The molecule has 1 atom stereocenters. The van der Waals surface area contributed by atoms with Gasteiger partial charge < -0.3 is 18.6 Å². The van der Waals surface area contributed by atoms with E-state index in [9.17, 15) is 9.59 Å². The van der Waals surface area contributed by atoms with Gasteiger partial charge in [-0.25, -0.2) is 9.59 Å². The number of fused-ring (bicyclic) bond motifs is 3. The third kappa shape index (κ3) is 3.10. The van der Waals surface area contributed by atoms with Gasteiger partial charge in [-0.3, -0.25) is 0 Å². The van der Waals surface area contributed by atoms with Crippen molar-refractivity contribution in [3.8, 4) is 11.5 Å². The predicted octanol–water partition coefficient (Wildman–Crippen LogP) is 3.59. The summed E-state index contributed by atoms with van der Waals surface area (Å²) >= 11 is 0. The van der Waals surface area contributed by atoms with Crippen LogP contribution in [0, 0.1) is 6.92 Å². The predicted molar refractivity (Wildman–Crippen MR) is 98.0 cm³/mol. The van der Waals surface area contributed by atoms with Gasteiger partial charge in [0.15, 0.2) is 6.10 Å². The van der Waals surface area contributed by atoms with Crippen LogP contribution in [0.4, 0.5) is 0 Å². The van der Waals surface area contributed by atoms with Gasteiger partial charge >= 0.3 is 11.6 Å². The van der Waals surface area contributed by atoms with Crippen molar-refractivity contribution in [1.29, 1.82) is 0 Å². The highest BCUT2D eigenvalue weighted by Crippen LogP contribution is 2.32. The van der Waals surface area contributed by atoms with Crippen molar-refractivity contribution in [2.45, 2.75) is 26.9 Å². The van der Waals surface area contributed by atoms with E-state index < -0.39 is 17.7 Å².